The fourth-order valence-electron chi connectivity index (χ4n) is 1.59. The maximum Gasteiger partial charge on any atom is 0.0905 e. The fourth-order valence-corrected chi connectivity index (χ4v) is 3.48. The number of aromatic nitrogens is 1. The van der Waals surface area contributed by atoms with Crippen LogP contribution in [0, 0.1) is 12.3 Å². The lowest BCUT2D eigenvalue weighted by Crippen LogP contribution is -2.11. The number of aryl methyl sites for hydroxylation is 1. The summed E-state index contributed by atoms with van der Waals surface area (Å²) < 4.78 is 1.29. The topological polar surface area (TPSA) is 25.2 Å². The standard InChI is InChI=1S/C13H18N2S2/c1-9-14-7-12(17-9)16-8-11-5-10(6-15-11)13(2,3)4/h6-7H,5,8H2,1-4H3. The molecule has 1 aromatic rings. The largest absolute Gasteiger partial charge is 0.264 e. The Hall–Kier alpha value is -0.610. The van der Waals surface area contributed by atoms with Gasteiger partial charge in [0.2, 0.25) is 0 Å². The molecule has 0 saturated carbocycles. The molecule has 0 atom stereocenters. The molecule has 0 aromatic carbocycles. The molecular formula is C13H18N2S2. The van der Waals surface area contributed by atoms with Gasteiger partial charge in [0.05, 0.1) is 15.4 Å². The average molecular weight is 266 g/mol. The average Bonchev–Trinajstić information content (AvgIpc) is 2.82. The third kappa shape index (κ3) is 3.42. The van der Waals surface area contributed by atoms with Gasteiger partial charge in [0.25, 0.3) is 0 Å². The second-order valence-electron chi connectivity index (χ2n) is 5.26. The first-order valence-electron chi connectivity index (χ1n) is 5.75. The summed E-state index contributed by atoms with van der Waals surface area (Å²) in [4.78, 5) is 8.78. The van der Waals surface area contributed by atoms with Crippen LogP contribution < -0.4 is 0 Å². The Morgan fingerprint density at radius 2 is 2.18 bits per heavy atom. The Morgan fingerprint density at radius 1 is 1.41 bits per heavy atom. The highest BCUT2D eigenvalue weighted by molar-refractivity contribution is 8.01. The molecule has 2 heterocycles. The highest BCUT2D eigenvalue weighted by Gasteiger charge is 2.22. The first kappa shape index (κ1) is 12.8. The number of rotatable bonds is 3. The Kier molecular flexibility index (Phi) is 3.73. The highest BCUT2D eigenvalue weighted by Crippen LogP contribution is 2.33. The summed E-state index contributed by atoms with van der Waals surface area (Å²) in [5, 5.41) is 1.13. The summed E-state index contributed by atoms with van der Waals surface area (Å²) in [5.41, 5.74) is 2.97. The number of thiazole rings is 1. The first-order chi connectivity index (χ1) is 7.95. The van der Waals surface area contributed by atoms with Gasteiger partial charge in [-0.25, -0.2) is 4.98 Å². The summed E-state index contributed by atoms with van der Waals surface area (Å²) in [6.45, 7) is 8.78. The van der Waals surface area contributed by atoms with Crippen molar-refractivity contribution in [3.05, 3.63) is 23.0 Å². The van der Waals surface area contributed by atoms with Crippen LogP contribution in [0.1, 0.15) is 32.2 Å². The monoisotopic (exact) mass is 266 g/mol. The molecule has 92 valence electrons. The van der Waals surface area contributed by atoms with Crippen molar-refractivity contribution in [2.75, 3.05) is 5.75 Å². The van der Waals surface area contributed by atoms with Crippen molar-refractivity contribution in [1.29, 1.82) is 0 Å². The second-order valence-corrected chi connectivity index (χ2v) is 7.77. The summed E-state index contributed by atoms with van der Waals surface area (Å²) >= 11 is 3.60. The van der Waals surface area contributed by atoms with Crippen LogP contribution in [0.15, 0.2) is 27.2 Å². The molecule has 0 amide bonds. The Bertz CT molecular complexity index is 464. The zero-order valence-corrected chi connectivity index (χ0v) is 12.4. The molecule has 17 heavy (non-hydrogen) atoms. The normalized spacial score (nSPS) is 16.0. The van der Waals surface area contributed by atoms with Crippen LogP contribution in [0.25, 0.3) is 0 Å². The van der Waals surface area contributed by atoms with E-state index in [-0.39, 0.29) is 5.41 Å². The van der Waals surface area contributed by atoms with Crippen LogP contribution in [0.5, 0.6) is 0 Å². The van der Waals surface area contributed by atoms with E-state index in [9.17, 15) is 0 Å². The van der Waals surface area contributed by atoms with Gasteiger partial charge in [-0.15, -0.1) is 23.1 Å². The number of thioether (sulfide) groups is 1. The van der Waals surface area contributed by atoms with Crippen LogP contribution in [0.4, 0.5) is 0 Å². The lowest BCUT2D eigenvalue weighted by atomic mass is 9.85. The maximum absolute atomic E-state index is 4.52. The second kappa shape index (κ2) is 4.94. The predicted molar refractivity (Wildman–Crippen MR) is 77.2 cm³/mol. The fraction of sp³-hybridized carbons (Fsp3) is 0.538. The van der Waals surface area contributed by atoms with Gasteiger partial charge >= 0.3 is 0 Å². The van der Waals surface area contributed by atoms with Gasteiger partial charge in [0, 0.05) is 24.1 Å². The van der Waals surface area contributed by atoms with Gasteiger partial charge < -0.3 is 0 Å². The third-order valence-electron chi connectivity index (χ3n) is 2.74. The van der Waals surface area contributed by atoms with E-state index < -0.39 is 0 Å². The van der Waals surface area contributed by atoms with Gasteiger partial charge in [-0.2, -0.15) is 0 Å². The van der Waals surface area contributed by atoms with E-state index >= 15 is 0 Å². The lowest BCUT2D eigenvalue weighted by molar-refractivity contribution is 0.498. The van der Waals surface area contributed by atoms with Crippen LogP contribution in [-0.4, -0.2) is 16.4 Å². The molecular weight excluding hydrogens is 248 g/mol. The Morgan fingerprint density at radius 3 is 2.71 bits per heavy atom. The van der Waals surface area contributed by atoms with E-state index in [0.717, 1.165) is 17.2 Å². The Labute approximate surface area is 111 Å². The van der Waals surface area contributed by atoms with Crippen LogP contribution in [0.2, 0.25) is 0 Å². The minimum atomic E-state index is 0.247. The summed E-state index contributed by atoms with van der Waals surface area (Å²) in [5.74, 6) is 0.984. The molecule has 1 aromatic heterocycles. The molecule has 1 aliphatic rings. The molecule has 0 saturated heterocycles. The van der Waals surface area contributed by atoms with Crippen molar-refractivity contribution in [3.63, 3.8) is 0 Å². The van der Waals surface area contributed by atoms with Crippen molar-refractivity contribution < 1.29 is 0 Å². The van der Waals surface area contributed by atoms with Crippen LogP contribution in [0.3, 0.4) is 0 Å². The van der Waals surface area contributed by atoms with Crippen molar-refractivity contribution >= 4 is 28.8 Å². The molecule has 0 bridgehead atoms. The zero-order chi connectivity index (χ0) is 12.5. The van der Waals surface area contributed by atoms with E-state index in [4.69, 9.17) is 0 Å². The predicted octanol–water partition coefficient (Wildman–Crippen LogP) is 4.32. The quantitative estimate of drug-likeness (QED) is 0.761. The number of allylic oxidation sites excluding steroid dienone is 1. The minimum absolute atomic E-state index is 0.247. The summed E-state index contributed by atoms with van der Waals surface area (Å²) in [7, 11) is 0. The van der Waals surface area contributed by atoms with Crippen molar-refractivity contribution in [2.45, 2.75) is 38.3 Å². The van der Waals surface area contributed by atoms with E-state index in [1.807, 2.05) is 31.1 Å². The van der Waals surface area contributed by atoms with Crippen molar-refractivity contribution in [1.82, 2.24) is 4.98 Å². The molecule has 0 N–H and O–H groups in total. The lowest BCUT2D eigenvalue weighted by Gasteiger charge is -2.19. The molecule has 2 rings (SSSR count). The molecule has 0 radical (unpaired) electrons. The maximum atomic E-state index is 4.52. The van der Waals surface area contributed by atoms with E-state index in [1.165, 1.54) is 15.5 Å². The van der Waals surface area contributed by atoms with E-state index in [0.29, 0.717) is 0 Å². The molecule has 0 unspecified atom stereocenters. The third-order valence-corrected chi connectivity index (χ3v) is 4.92. The number of hydrogen-bond acceptors (Lipinski definition) is 4. The molecule has 0 spiro atoms. The molecule has 1 aliphatic heterocycles. The Balaban J connectivity index is 1.84. The first-order valence-corrected chi connectivity index (χ1v) is 7.55. The van der Waals surface area contributed by atoms with Gasteiger partial charge in [-0.3, -0.25) is 4.99 Å². The van der Waals surface area contributed by atoms with Gasteiger partial charge in [-0.05, 0) is 17.9 Å². The molecule has 0 fully saturated rings. The molecule has 2 nitrogen and oxygen atoms in total. The van der Waals surface area contributed by atoms with Crippen LogP contribution in [-0.2, 0) is 0 Å². The number of aliphatic imine (C=N–C) groups is 1. The number of hydrogen-bond donors (Lipinski definition) is 0. The van der Waals surface area contributed by atoms with Crippen LogP contribution >= 0.6 is 23.1 Å². The zero-order valence-electron chi connectivity index (χ0n) is 10.8. The minimum Gasteiger partial charge on any atom is -0.264 e. The number of nitrogens with zero attached hydrogens (tertiary/aromatic N) is 2. The van der Waals surface area contributed by atoms with Gasteiger partial charge in [0.1, 0.15) is 0 Å². The van der Waals surface area contributed by atoms with Gasteiger partial charge in [-0.1, -0.05) is 20.8 Å². The van der Waals surface area contributed by atoms with E-state index in [1.54, 1.807) is 11.3 Å². The molecule has 0 aliphatic carbocycles. The SMILES string of the molecule is Cc1ncc(SCC2=NC=C(C(C)(C)C)C2)s1. The van der Waals surface area contributed by atoms with Crippen molar-refractivity contribution in [2.24, 2.45) is 10.4 Å². The summed E-state index contributed by atoms with van der Waals surface area (Å²) in [6.07, 6.45) is 5.04. The van der Waals surface area contributed by atoms with Gasteiger partial charge in [0.15, 0.2) is 0 Å². The summed E-state index contributed by atoms with van der Waals surface area (Å²) in [6, 6.07) is 0. The van der Waals surface area contributed by atoms with E-state index in [2.05, 4.69) is 30.7 Å². The molecule has 4 heteroatoms. The smallest absolute Gasteiger partial charge is 0.0905 e. The highest BCUT2D eigenvalue weighted by atomic mass is 32.2. The van der Waals surface area contributed by atoms with Crippen molar-refractivity contribution in [3.8, 4) is 0 Å².